The molecule has 1 N–H and O–H groups in total. The summed E-state index contributed by atoms with van der Waals surface area (Å²) in [6.07, 6.45) is 0. The third-order valence-electron chi connectivity index (χ3n) is 4.44. The van der Waals surface area contributed by atoms with Gasteiger partial charge in [0.25, 0.3) is 5.91 Å². The van der Waals surface area contributed by atoms with Gasteiger partial charge in [0.15, 0.2) is 5.78 Å². The first kappa shape index (κ1) is 28.2. The number of hydrogen-bond donors (Lipinski definition) is 1. The number of nitrogens with zero attached hydrogens (tertiary/aromatic N) is 2. The lowest BCUT2D eigenvalue weighted by atomic mass is 10.2. The van der Waals surface area contributed by atoms with Gasteiger partial charge in [-0.1, -0.05) is 23.2 Å². The average Bonchev–Trinajstić information content (AvgIpc) is 2.80. The zero-order chi connectivity index (χ0) is 26.0. The Morgan fingerprint density at radius 1 is 0.857 bits per heavy atom. The molecule has 0 fully saturated rings. The van der Waals surface area contributed by atoms with Crippen LogP contribution in [0.3, 0.4) is 0 Å². The summed E-state index contributed by atoms with van der Waals surface area (Å²) in [4.78, 5) is 25.4. The Bertz CT molecular complexity index is 1080. The van der Waals surface area contributed by atoms with E-state index >= 15 is 0 Å². The smallest absolute Gasteiger partial charge is 0.258 e. The summed E-state index contributed by atoms with van der Waals surface area (Å²) < 4.78 is 22.1. The van der Waals surface area contributed by atoms with Crippen LogP contribution in [0.5, 0.6) is 23.0 Å². The Hall–Kier alpha value is -3.04. The Morgan fingerprint density at radius 2 is 1.40 bits per heavy atom. The monoisotopic (exact) mass is 525 g/mol. The molecule has 35 heavy (non-hydrogen) atoms. The lowest BCUT2D eigenvalue weighted by Gasteiger charge is -2.16. The van der Waals surface area contributed by atoms with Crippen LogP contribution in [0.4, 0.5) is 11.4 Å². The van der Waals surface area contributed by atoms with Crippen molar-refractivity contribution in [2.45, 2.75) is 40.7 Å². The summed E-state index contributed by atoms with van der Waals surface area (Å²) in [6, 6.07) is 4.88. The molecule has 0 aliphatic carbocycles. The predicted octanol–water partition coefficient (Wildman–Crippen LogP) is 6.27. The van der Waals surface area contributed by atoms with E-state index in [1.54, 1.807) is 32.9 Å². The van der Waals surface area contributed by atoms with Gasteiger partial charge < -0.3 is 24.3 Å². The van der Waals surface area contributed by atoms with Crippen LogP contribution in [-0.2, 0) is 9.59 Å². The number of carbonyl (C=O) groups is 2. The second-order valence-electron chi connectivity index (χ2n) is 6.95. The molecule has 190 valence electrons. The number of ketones is 1. The van der Waals surface area contributed by atoms with Gasteiger partial charge in [-0.15, -0.1) is 5.11 Å². The highest BCUT2D eigenvalue weighted by atomic mass is 35.5. The zero-order valence-electron chi connectivity index (χ0n) is 20.3. The SMILES string of the molecule is CCOc1cc(NC(=O)C(N=Nc2c(OCC)ccc(OCC)c2Cl)C(C)=O)c(OCC)cc1Cl. The number of anilines is 1. The molecule has 1 amide bonds. The summed E-state index contributed by atoms with van der Waals surface area (Å²) >= 11 is 12.7. The highest BCUT2D eigenvalue weighted by molar-refractivity contribution is 6.34. The zero-order valence-corrected chi connectivity index (χ0v) is 21.8. The largest absolute Gasteiger partial charge is 0.492 e. The Morgan fingerprint density at radius 3 is 2.00 bits per heavy atom. The normalized spacial score (nSPS) is 11.7. The highest BCUT2D eigenvalue weighted by Gasteiger charge is 2.26. The van der Waals surface area contributed by atoms with Crippen molar-refractivity contribution in [1.29, 1.82) is 0 Å². The lowest BCUT2D eigenvalue weighted by Crippen LogP contribution is -2.32. The van der Waals surface area contributed by atoms with Gasteiger partial charge in [-0.25, -0.2) is 0 Å². The van der Waals surface area contributed by atoms with Crippen molar-refractivity contribution < 1.29 is 28.5 Å². The van der Waals surface area contributed by atoms with Gasteiger partial charge in [0, 0.05) is 12.1 Å². The molecule has 0 aliphatic heterocycles. The van der Waals surface area contributed by atoms with Crippen molar-refractivity contribution in [2.24, 2.45) is 10.2 Å². The van der Waals surface area contributed by atoms with Gasteiger partial charge >= 0.3 is 0 Å². The fourth-order valence-electron chi connectivity index (χ4n) is 2.97. The molecule has 2 aromatic rings. The van der Waals surface area contributed by atoms with E-state index in [-0.39, 0.29) is 16.4 Å². The topological polar surface area (TPSA) is 108 Å². The van der Waals surface area contributed by atoms with E-state index in [2.05, 4.69) is 15.5 Å². The summed E-state index contributed by atoms with van der Waals surface area (Å²) in [7, 11) is 0. The van der Waals surface area contributed by atoms with E-state index in [9.17, 15) is 9.59 Å². The third-order valence-corrected chi connectivity index (χ3v) is 5.10. The quantitative estimate of drug-likeness (QED) is 0.244. The van der Waals surface area contributed by atoms with Crippen molar-refractivity contribution >= 4 is 46.3 Å². The number of nitrogens with one attached hydrogen (secondary N) is 1. The number of hydrogen-bond acceptors (Lipinski definition) is 8. The predicted molar refractivity (Wildman–Crippen MR) is 135 cm³/mol. The maximum Gasteiger partial charge on any atom is 0.258 e. The van der Waals surface area contributed by atoms with Crippen LogP contribution in [-0.4, -0.2) is 44.2 Å². The second kappa shape index (κ2) is 13.7. The summed E-state index contributed by atoms with van der Waals surface area (Å²) in [5.74, 6) is 0.140. The maximum absolute atomic E-state index is 13.0. The van der Waals surface area contributed by atoms with Crippen molar-refractivity contribution in [2.75, 3.05) is 31.7 Å². The summed E-state index contributed by atoms with van der Waals surface area (Å²) in [5, 5.41) is 11.2. The molecule has 0 spiro atoms. The number of rotatable bonds is 13. The molecule has 0 saturated carbocycles. The number of ether oxygens (including phenoxy) is 4. The molecule has 0 saturated heterocycles. The molecular weight excluding hydrogens is 497 g/mol. The molecule has 0 heterocycles. The molecule has 0 radical (unpaired) electrons. The number of Topliss-reactive ketones (excluding diaryl/α,β-unsaturated/α-hetero) is 1. The Labute approximate surface area is 214 Å². The number of benzene rings is 2. The van der Waals surface area contributed by atoms with E-state index in [0.717, 1.165) is 0 Å². The van der Waals surface area contributed by atoms with Crippen molar-refractivity contribution in [1.82, 2.24) is 0 Å². The molecule has 9 nitrogen and oxygen atoms in total. The molecule has 0 aromatic heterocycles. The van der Waals surface area contributed by atoms with Crippen LogP contribution in [0.25, 0.3) is 0 Å². The van der Waals surface area contributed by atoms with Crippen LogP contribution >= 0.6 is 23.2 Å². The standard InChI is InChI=1S/C24H29Cl2N3O6/c1-6-32-17-10-11-18(33-7-2)23(21(17)26)29-28-22(14(5)30)24(31)27-16-13-19(34-8-3)15(25)12-20(16)35-9-4/h10-13,22H,6-9H2,1-5H3,(H,27,31). The van der Waals surface area contributed by atoms with Crippen LogP contribution in [0.15, 0.2) is 34.5 Å². The molecular formula is C24H29Cl2N3O6. The molecule has 2 aromatic carbocycles. The number of azo groups is 1. The summed E-state index contributed by atoms with van der Waals surface area (Å²) in [5.41, 5.74) is 0.427. The average molecular weight is 526 g/mol. The maximum atomic E-state index is 13.0. The van der Waals surface area contributed by atoms with Crippen LogP contribution < -0.4 is 24.3 Å². The molecule has 0 bridgehead atoms. The van der Waals surface area contributed by atoms with E-state index in [4.69, 9.17) is 42.1 Å². The van der Waals surface area contributed by atoms with E-state index < -0.39 is 17.7 Å². The van der Waals surface area contributed by atoms with E-state index in [1.807, 2.05) is 6.92 Å². The van der Waals surface area contributed by atoms with Gasteiger partial charge in [-0.3, -0.25) is 9.59 Å². The van der Waals surface area contributed by atoms with E-state index in [1.165, 1.54) is 19.1 Å². The fourth-order valence-corrected chi connectivity index (χ4v) is 3.43. The number of halogens is 2. The fraction of sp³-hybridized carbons (Fsp3) is 0.417. The minimum atomic E-state index is -1.46. The van der Waals surface area contributed by atoms with Gasteiger partial charge in [-0.05, 0) is 46.8 Å². The minimum absolute atomic E-state index is 0.152. The molecule has 2 rings (SSSR count). The van der Waals surface area contributed by atoms with E-state index in [0.29, 0.717) is 54.4 Å². The van der Waals surface area contributed by atoms with Crippen molar-refractivity contribution in [3.63, 3.8) is 0 Å². The number of carbonyl (C=O) groups excluding carboxylic acids is 2. The highest BCUT2D eigenvalue weighted by Crippen LogP contribution is 2.42. The Balaban J connectivity index is 2.41. The first-order valence-electron chi connectivity index (χ1n) is 11.2. The lowest BCUT2D eigenvalue weighted by molar-refractivity contribution is -0.126. The third kappa shape index (κ3) is 7.47. The van der Waals surface area contributed by atoms with Crippen LogP contribution in [0, 0.1) is 0 Å². The van der Waals surface area contributed by atoms with Gasteiger partial charge in [0.1, 0.15) is 33.7 Å². The minimum Gasteiger partial charge on any atom is -0.492 e. The second-order valence-corrected chi connectivity index (χ2v) is 7.74. The molecule has 1 atom stereocenters. The molecule has 1 unspecified atom stereocenters. The summed E-state index contributed by atoms with van der Waals surface area (Å²) in [6.45, 7) is 9.88. The van der Waals surface area contributed by atoms with Crippen molar-refractivity contribution in [3.05, 3.63) is 34.3 Å². The molecule has 11 heteroatoms. The van der Waals surface area contributed by atoms with Gasteiger partial charge in [0.05, 0.1) is 37.1 Å². The molecule has 0 aliphatic rings. The van der Waals surface area contributed by atoms with Crippen molar-refractivity contribution in [3.8, 4) is 23.0 Å². The Kier molecular flexibility index (Phi) is 11.1. The number of amides is 1. The first-order valence-corrected chi connectivity index (χ1v) is 11.9. The van der Waals surface area contributed by atoms with Gasteiger partial charge in [0.2, 0.25) is 6.04 Å². The van der Waals surface area contributed by atoms with Crippen LogP contribution in [0.2, 0.25) is 10.0 Å². The van der Waals surface area contributed by atoms with Crippen LogP contribution in [0.1, 0.15) is 34.6 Å². The van der Waals surface area contributed by atoms with Gasteiger partial charge in [-0.2, -0.15) is 5.11 Å². The first-order chi connectivity index (χ1) is 16.8.